The molecule has 0 amide bonds. The summed E-state index contributed by atoms with van der Waals surface area (Å²) in [5.41, 5.74) is 0. The van der Waals surface area contributed by atoms with E-state index in [4.69, 9.17) is 0 Å². The van der Waals surface area contributed by atoms with E-state index >= 15 is 0 Å². The molecular formula is C13H25N5O2S. The van der Waals surface area contributed by atoms with Crippen molar-refractivity contribution in [1.82, 2.24) is 23.8 Å². The number of hydrogen-bond acceptors (Lipinski definition) is 4. The molecule has 0 saturated carbocycles. The predicted octanol–water partition coefficient (Wildman–Crippen LogP) is 1.63. The van der Waals surface area contributed by atoms with Gasteiger partial charge in [-0.1, -0.05) is 12.8 Å². The van der Waals surface area contributed by atoms with Crippen LogP contribution >= 0.6 is 0 Å². The van der Waals surface area contributed by atoms with E-state index < -0.39 is 16.3 Å². The van der Waals surface area contributed by atoms with E-state index in [9.17, 15) is 8.42 Å². The fourth-order valence-corrected chi connectivity index (χ4v) is 4.03. The first-order valence-electron chi connectivity index (χ1n) is 7.58. The molecule has 1 N–H and O–H groups in total. The summed E-state index contributed by atoms with van der Waals surface area (Å²) in [6, 6.07) is -0.205. The first-order chi connectivity index (χ1) is 9.92. The molecule has 0 unspecified atom stereocenters. The molecule has 7 nitrogen and oxygen atoms in total. The Balaban J connectivity index is 2.10. The minimum Gasteiger partial charge on any atom is -0.314 e. The Bertz CT molecular complexity index is 547. The van der Waals surface area contributed by atoms with Gasteiger partial charge in [-0.15, -0.1) is 10.2 Å². The zero-order valence-corrected chi connectivity index (χ0v) is 13.8. The standard InChI is InChI=1S/C13H25N5O2S/c1-11(2)18-10-14-15-13(18)12(3)16-21(19,20)17-8-6-4-5-7-9-17/h10-12,16H,4-9H2,1-3H3/t12-/m0/s1. The zero-order chi connectivity index (χ0) is 15.5. The number of nitrogens with one attached hydrogen (secondary N) is 1. The molecule has 21 heavy (non-hydrogen) atoms. The van der Waals surface area contributed by atoms with E-state index in [2.05, 4.69) is 14.9 Å². The molecule has 120 valence electrons. The van der Waals surface area contributed by atoms with Gasteiger partial charge in [-0.2, -0.15) is 17.4 Å². The summed E-state index contributed by atoms with van der Waals surface area (Å²) in [6.45, 7) is 7.03. The average molecular weight is 315 g/mol. The Morgan fingerprint density at radius 2 is 1.76 bits per heavy atom. The summed E-state index contributed by atoms with van der Waals surface area (Å²) in [4.78, 5) is 0. The van der Waals surface area contributed by atoms with Crippen LogP contribution in [0.5, 0.6) is 0 Å². The van der Waals surface area contributed by atoms with E-state index in [1.54, 1.807) is 17.6 Å². The second kappa shape index (κ2) is 6.85. The lowest BCUT2D eigenvalue weighted by atomic mass is 10.2. The largest absolute Gasteiger partial charge is 0.314 e. The van der Waals surface area contributed by atoms with Crippen molar-refractivity contribution in [2.75, 3.05) is 13.1 Å². The van der Waals surface area contributed by atoms with Gasteiger partial charge in [-0.25, -0.2) is 0 Å². The van der Waals surface area contributed by atoms with Gasteiger partial charge in [0.05, 0.1) is 6.04 Å². The molecule has 1 aromatic rings. The van der Waals surface area contributed by atoms with Crippen molar-refractivity contribution in [3.63, 3.8) is 0 Å². The van der Waals surface area contributed by atoms with Crippen molar-refractivity contribution < 1.29 is 8.42 Å². The fourth-order valence-electron chi connectivity index (χ4n) is 2.59. The van der Waals surface area contributed by atoms with Gasteiger partial charge in [0.15, 0.2) is 5.82 Å². The van der Waals surface area contributed by atoms with Crippen molar-refractivity contribution in [1.29, 1.82) is 0 Å². The van der Waals surface area contributed by atoms with Crippen molar-refractivity contribution in [3.05, 3.63) is 12.2 Å². The van der Waals surface area contributed by atoms with E-state index in [1.165, 1.54) is 0 Å². The summed E-state index contributed by atoms with van der Waals surface area (Å²) in [6.07, 6.45) is 5.69. The predicted molar refractivity (Wildman–Crippen MR) is 80.9 cm³/mol. The second-order valence-electron chi connectivity index (χ2n) is 5.85. The minimum absolute atomic E-state index is 0.195. The van der Waals surface area contributed by atoms with E-state index in [1.807, 2.05) is 18.4 Å². The van der Waals surface area contributed by atoms with Gasteiger partial charge in [-0.3, -0.25) is 0 Å². The molecule has 1 aliphatic rings. The number of nitrogens with zero attached hydrogens (tertiary/aromatic N) is 4. The average Bonchev–Trinajstić information content (AvgIpc) is 2.73. The molecule has 0 aromatic carbocycles. The molecule has 0 radical (unpaired) electrons. The summed E-state index contributed by atoms with van der Waals surface area (Å²) in [5, 5.41) is 7.94. The number of rotatable bonds is 5. The molecule has 8 heteroatoms. The second-order valence-corrected chi connectivity index (χ2v) is 7.55. The summed E-state index contributed by atoms with van der Waals surface area (Å²) in [5.74, 6) is 0.642. The molecule has 1 fully saturated rings. The molecule has 1 saturated heterocycles. The van der Waals surface area contributed by atoms with E-state index in [0.29, 0.717) is 18.9 Å². The molecule has 2 rings (SSSR count). The smallest absolute Gasteiger partial charge is 0.280 e. The number of aromatic nitrogens is 3. The Kier molecular flexibility index (Phi) is 5.34. The van der Waals surface area contributed by atoms with Gasteiger partial charge in [0.25, 0.3) is 10.2 Å². The van der Waals surface area contributed by atoms with Gasteiger partial charge in [0, 0.05) is 19.1 Å². The topological polar surface area (TPSA) is 80.1 Å². The summed E-state index contributed by atoms with van der Waals surface area (Å²) >= 11 is 0. The zero-order valence-electron chi connectivity index (χ0n) is 13.0. The first-order valence-corrected chi connectivity index (χ1v) is 9.02. The van der Waals surface area contributed by atoms with E-state index in [-0.39, 0.29) is 6.04 Å². The lowest BCUT2D eigenvalue weighted by Crippen LogP contribution is -2.42. The van der Waals surface area contributed by atoms with Gasteiger partial charge in [0.2, 0.25) is 0 Å². The van der Waals surface area contributed by atoms with Crippen LogP contribution in [0.1, 0.15) is 64.4 Å². The lowest BCUT2D eigenvalue weighted by Gasteiger charge is -2.23. The van der Waals surface area contributed by atoms with Gasteiger partial charge < -0.3 is 4.57 Å². The van der Waals surface area contributed by atoms with Crippen LogP contribution in [0, 0.1) is 0 Å². The van der Waals surface area contributed by atoms with Crippen LogP contribution < -0.4 is 4.72 Å². The van der Waals surface area contributed by atoms with Gasteiger partial charge in [0.1, 0.15) is 6.33 Å². The Hall–Kier alpha value is -0.990. The summed E-state index contributed by atoms with van der Waals surface area (Å²) in [7, 11) is -3.47. The van der Waals surface area contributed by atoms with E-state index in [0.717, 1.165) is 25.7 Å². The monoisotopic (exact) mass is 315 g/mol. The molecular weight excluding hydrogens is 290 g/mol. The van der Waals surface area contributed by atoms with Gasteiger partial charge in [-0.05, 0) is 33.6 Å². The SMILES string of the molecule is CC(C)n1cnnc1[C@H](C)NS(=O)(=O)N1CCCCCC1. The minimum atomic E-state index is -3.47. The maximum Gasteiger partial charge on any atom is 0.280 e. The van der Waals surface area contributed by atoms with Crippen LogP contribution in [0.4, 0.5) is 0 Å². The van der Waals surface area contributed by atoms with Crippen molar-refractivity contribution in [3.8, 4) is 0 Å². The molecule has 1 atom stereocenters. The molecule has 0 bridgehead atoms. The van der Waals surface area contributed by atoms with Crippen molar-refractivity contribution in [2.24, 2.45) is 0 Å². The summed E-state index contributed by atoms with van der Waals surface area (Å²) < 4.78 is 31.1. The quantitative estimate of drug-likeness (QED) is 0.895. The molecule has 2 heterocycles. The van der Waals surface area contributed by atoms with Crippen LogP contribution in [-0.2, 0) is 10.2 Å². The normalized spacial score (nSPS) is 19.6. The third-order valence-corrected chi connectivity index (χ3v) is 5.47. The van der Waals surface area contributed by atoms with Crippen molar-refractivity contribution in [2.45, 2.75) is 58.5 Å². The fraction of sp³-hybridized carbons (Fsp3) is 0.846. The maximum atomic E-state index is 12.5. The first kappa shape index (κ1) is 16.4. The molecule has 1 aromatic heterocycles. The Morgan fingerprint density at radius 3 is 2.33 bits per heavy atom. The Morgan fingerprint density at radius 1 is 1.14 bits per heavy atom. The molecule has 0 aliphatic carbocycles. The van der Waals surface area contributed by atoms with Crippen LogP contribution in [0.3, 0.4) is 0 Å². The highest BCUT2D eigenvalue weighted by Gasteiger charge is 2.27. The van der Waals surface area contributed by atoms with Crippen LogP contribution in [0.2, 0.25) is 0 Å². The highest BCUT2D eigenvalue weighted by molar-refractivity contribution is 7.87. The van der Waals surface area contributed by atoms with Crippen LogP contribution in [-0.4, -0.2) is 40.6 Å². The third kappa shape index (κ3) is 4.02. The van der Waals surface area contributed by atoms with Crippen LogP contribution in [0.15, 0.2) is 6.33 Å². The highest BCUT2D eigenvalue weighted by atomic mass is 32.2. The third-order valence-electron chi connectivity index (χ3n) is 3.78. The highest BCUT2D eigenvalue weighted by Crippen LogP contribution is 2.18. The molecule has 0 spiro atoms. The van der Waals surface area contributed by atoms with Crippen LogP contribution in [0.25, 0.3) is 0 Å². The molecule has 1 aliphatic heterocycles. The maximum absolute atomic E-state index is 12.5. The van der Waals surface area contributed by atoms with Crippen molar-refractivity contribution >= 4 is 10.2 Å². The van der Waals surface area contributed by atoms with Gasteiger partial charge >= 0.3 is 0 Å². The number of hydrogen-bond donors (Lipinski definition) is 1. The Labute approximate surface area is 126 Å². The lowest BCUT2D eigenvalue weighted by molar-refractivity contribution is 0.406.